The van der Waals surface area contributed by atoms with E-state index in [1.165, 1.54) is 12.1 Å². The molecule has 0 unspecified atom stereocenters. The van der Waals surface area contributed by atoms with Gasteiger partial charge in [0.25, 0.3) is 0 Å². The Labute approximate surface area is 88.1 Å². The van der Waals surface area contributed by atoms with Crippen LogP contribution in [0.3, 0.4) is 0 Å². The minimum atomic E-state index is -0.500. The van der Waals surface area contributed by atoms with Gasteiger partial charge in [-0.05, 0) is 41.9 Å². The molecule has 1 aromatic rings. The highest BCUT2D eigenvalue weighted by molar-refractivity contribution is 5.32. The number of hydrogen-bond acceptors (Lipinski definition) is 2. The second kappa shape index (κ2) is 2.95. The third kappa shape index (κ3) is 1.34. The molecule has 3 rings (SSSR count). The highest BCUT2D eigenvalue weighted by Gasteiger charge is 2.48. The third-order valence-electron chi connectivity index (χ3n) is 3.80. The largest absolute Gasteiger partial charge is 0.505 e. The van der Waals surface area contributed by atoms with Crippen molar-refractivity contribution in [3.05, 3.63) is 29.6 Å². The van der Waals surface area contributed by atoms with Gasteiger partial charge in [0.2, 0.25) is 0 Å². The first-order valence-corrected chi connectivity index (χ1v) is 5.38. The Morgan fingerprint density at radius 2 is 2.07 bits per heavy atom. The van der Waals surface area contributed by atoms with Gasteiger partial charge in [-0.15, -0.1) is 0 Å². The van der Waals surface area contributed by atoms with Crippen LogP contribution in [0.15, 0.2) is 18.2 Å². The van der Waals surface area contributed by atoms with Gasteiger partial charge in [-0.25, -0.2) is 4.39 Å². The molecule has 15 heavy (non-hydrogen) atoms. The summed E-state index contributed by atoms with van der Waals surface area (Å²) in [6.07, 6.45) is 2.31. The van der Waals surface area contributed by atoms with Crippen LogP contribution in [0.2, 0.25) is 0 Å². The molecule has 1 spiro atoms. The number of hydrogen-bond donors (Lipinski definition) is 2. The molecule has 1 aliphatic heterocycles. The van der Waals surface area contributed by atoms with E-state index in [1.54, 1.807) is 0 Å². The van der Waals surface area contributed by atoms with Crippen molar-refractivity contribution < 1.29 is 9.50 Å². The molecule has 80 valence electrons. The van der Waals surface area contributed by atoms with Crippen molar-refractivity contribution in [2.45, 2.75) is 18.8 Å². The molecule has 2 aliphatic rings. The van der Waals surface area contributed by atoms with Gasteiger partial charge < -0.3 is 10.4 Å². The SMILES string of the molecule is Oc1ccc(C2CC3(CNC3)C2)cc1F. The molecule has 2 fully saturated rings. The van der Waals surface area contributed by atoms with Crippen LogP contribution in [0.25, 0.3) is 0 Å². The predicted octanol–water partition coefficient (Wildman–Crippen LogP) is 2.00. The van der Waals surface area contributed by atoms with Crippen LogP contribution in [0, 0.1) is 11.2 Å². The monoisotopic (exact) mass is 207 g/mol. The molecule has 1 aliphatic carbocycles. The fourth-order valence-corrected chi connectivity index (χ4v) is 2.77. The van der Waals surface area contributed by atoms with Gasteiger partial charge >= 0.3 is 0 Å². The molecule has 1 aromatic carbocycles. The second-order valence-corrected chi connectivity index (χ2v) is 4.92. The molecule has 1 saturated carbocycles. The number of phenolic OH excluding ortho intramolecular Hbond substituents is 1. The minimum absolute atomic E-state index is 0.252. The van der Waals surface area contributed by atoms with Gasteiger partial charge in [-0.3, -0.25) is 0 Å². The van der Waals surface area contributed by atoms with Crippen molar-refractivity contribution >= 4 is 0 Å². The maximum atomic E-state index is 13.1. The van der Waals surface area contributed by atoms with Crippen molar-refractivity contribution in [1.29, 1.82) is 0 Å². The standard InChI is InChI=1S/C12H14FNO/c13-10-3-8(1-2-11(10)15)9-4-12(5-9)6-14-7-12/h1-3,9,14-15H,4-7H2. The molecule has 0 atom stereocenters. The van der Waals surface area contributed by atoms with Crippen LogP contribution in [0.1, 0.15) is 24.3 Å². The van der Waals surface area contributed by atoms with Crippen LogP contribution in [0.4, 0.5) is 4.39 Å². The van der Waals surface area contributed by atoms with E-state index in [1.807, 2.05) is 6.07 Å². The molecule has 0 amide bonds. The lowest BCUT2D eigenvalue weighted by Gasteiger charge is -2.54. The fraction of sp³-hybridized carbons (Fsp3) is 0.500. The van der Waals surface area contributed by atoms with Crippen LogP contribution in [-0.2, 0) is 0 Å². The Morgan fingerprint density at radius 3 is 2.60 bits per heavy atom. The summed E-state index contributed by atoms with van der Waals surface area (Å²) in [6.45, 7) is 2.23. The number of nitrogens with one attached hydrogen (secondary N) is 1. The van der Waals surface area contributed by atoms with Crippen LogP contribution in [0.5, 0.6) is 5.75 Å². The van der Waals surface area contributed by atoms with Crippen LogP contribution < -0.4 is 5.32 Å². The predicted molar refractivity (Wildman–Crippen MR) is 55.3 cm³/mol. The van der Waals surface area contributed by atoms with E-state index < -0.39 is 5.82 Å². The first-order valence-electron chi connectivity index (χ1n) is 5.38. The average Bonchev–Trinajstić information content (AvgIpc) is 2.06. The van der Waals surface area contributed by atoms with Gasteiger partial charge in [0.15, 0.2) is 11.6 Å². The number of rotatable bonds is 1. The summed E-state index contributed by atoms with van der Waals surface area (Å²) in [5.41, 5.74) is 1.54. The zero-order valence-electron chi connectivity index (χ0n) is 8.46. The summed E-state index contributed by atoms with van der Waals surface area (Å²) in [5.74, 6) is -0.263. The summed E-state index contributed by atoms with van der Waals surface area (Å²) in [5, 5.41) is 12.4. The number of aromatic hydroxyl groups is 1. The van der Waals surface area contributed by atoms with Gasteiger partial charge in [0.1, 0.15) is 0 Å². The zero-order chi connectivity index (χ0) is 10.5. The van der Waals surface area contributed by atoms with Gasteiger partial charge in [0, 0.05) is 13.1 Å². The summed E-state index contributed by atoms with van der Waals surface area (Å²) < 4.78 is 13.1. The molecule has 0 bridgehead atoms. The van der Waals surface area contributed by atoms with E-state index in [4.69, 9.17) is 5.11 Å². The molecular weight excluding hydrogens is 193 g/mol. The molecule has 0 aromatic heterocycles. The molecule has 1 heterocycles. The maximum absolute atomic E-state index is 13.1. The van der Waals surface area contributed by atoms with E-state index in [0.29, 0.717) is 11.3 Å². The number of phenols is 1. The highest BCUT2D eigenvalue weighted by Crippen LogP contribution is 2.53. The summed E-state index contributed by atoms with van der Waals surface area (Å²) in [6, 6.07) is 4.76. The van der Waals surface area contributed by atoms with Gasteiger partial charge in [-0.1, -0.05) is 6.07 Å². The number of benzene rings is 1. The maximum Gasteiger partial charge on any atom is 0.165 e. The average molecular weight is 207 g/mol. The molecule has 2 N–H and O–H groups in total. The Bertz CT molecular complexity index is 393. The molecule has 2 nitrogen and oxygen atoms in total. The molecule has 1 saturated heterocycles. The topological polar surface area (TPSA) is 32.3 Å². The quantitative estimate of drug-likeness (QED) is 0.738. The summed E-state index contributed by atoms with van der Waals surface area (Å²) in [4.78, 5) is 0. The van der Waals surface area contributed by atoms with E-state index in [0.717, 1.165) is 31.5 Å². The third-order valence-corrected chi connectivity index (χ3v) is 3.80. The zero-order valence-corrected chi connectivity index (χ0v) is 8.46. The highest BCUT2D eigenvalue weighted by atomic mass is 19.1. The Hall–Kier alpha value is -1.09. The lowest BCUT2D eigenvalue weighted by molar-refractivity contribution is 0.0362. The van der Waals surface area contributed by atoms with Crippen molar-refractivity contribution in [3.8, 4) is 5.75 Å². The molecule has 3 heteroatoms. The lowest BCUT2D eigenvalue weighted by atomic mass is 9.57. The Balaban J connectivity index is 1.75. The smallest absolute Gasteiger partial charge is 0.165 e. The van der Waals surface area contributed by atoms with Crippen LogP contribution >= 0.6 is 0 Å². The van der Waals surface area contributed by atoms with Gasteiger partial charge in [0.05, 0.1) is 0 Å². The summed E-state index contributed by atoms with van der Waals surface area (Å²) in [7, 11) is 0. The Morgan fingerprint density at radius 1 is 1.33 bits per heavy atom. The summed E-state index contributed by atoms with van der Waals surface area (Å²) >= 11 is 0. The van der Waals surface area contributed by atoms with Crippen LogP contribution in [-0.4, -0.2) is 18.2 Å². The number of halogens is 1. The first kappa shape index (κ1) is 9.16. The van der Waals surface area contributed by atoms with Crippen molar-refractivity contribution in [2.24, 2.45) is 5.41 Å². The van der Waals surface area contributed by atoms with Crippen molar-refractivity contribution in [1.82, 2.24) is 5.32 Å². The fourth-order valence-electron chi connectivity index (χ4n) is 2.77. The second-order valence-electron chi connectivity index (χ2n) is 4.92. The molecule has 0 radical (unpaired) electrons. The van der Waals surface area contributed by atoms with Crippen molar-refractivity contribution in [3.63, 3.8) is 0 Å². The van der Waals surface area contributed by atoms with E-state index >= 15 is 0 Å². The Kier molecular flexibility index (Phi) is 1.80. The van der Waals surface area contributed by atoms with Crippen molar-refractivity contribution in [2.75, 3.05) is 13.1 Å². The van der Waals surface area contributed by atoms with E-state index in [9.17, 15) is 4.39 Å². The lowest BCUT2D eigenvalue weighted by Crippen LogP contribution is -2.59. The van der Waals surface area contributed by atoms with E-state index in [-0.39, 0.29) is 5.75 Å². The van der Waals surface area contributed by atoms with E-state index in [2.05, 4.69) is 5.32 Å². The molecular formula is C12H14FNO. The first-order chi connectivity index (χ1) is 7.19. The minimum Gasteiger partial charge on any atom is -0.505 e. The van der Waals surface area contributed by atoms with Gasteiger partial charge in [-0.2, -0.15) is 0 Å². The normalized spacial score (nSPS) is 23.5.